The van der Waals surface area contributed by atoms with Crippen molar-refractivity contribution in [3.8, 4) is 5.75 Å². The van der Waals surface area contributed by atoms with Crippen molar-refractivity contribution in [3.63, 3.8) is 0 Å². The minimum absolute atomic E-state index is 0.296. The molecule has 0 saturated heterocycles. The van der Waals surface area contributed by atoms with Crippen LogP contribution in [0.3, 0.4) is 0 Å². The standard InChI is InChI=1S/C17H21NO3S/c1-14-8-7-9-15(2)17(14)21-13-12-18(3)22(19,20)16-10-5-4-6-11-16/h4-11H,12-13H2,1-3H3. The summed E-state index contributed by atoms with van der Waals surface area (Å²) in [5, 5.41) is 0. The van der Waals surface area contributed by atoms with Gasteiger partial charge in [0.25, 0.3) is 0 Å². The predicted molar refractivity (Wildman–Crippen MR) is 87.7 cm³/mol. The predicted octanol–water partition coefficient (Wildman–Crippen LogP) is 3.00. The maximum atomic E-state index is 12.4. The highest BCUT2D eigenvalue weighted by Crippen LogP contribution is 2.22. The fourth-order valence-electron chi connectivity index (χ4n) is 2.20. The molecule has 0 atom stereocenters. The lowest BCUT2D eigenvalue weighted by molar-refractivity contribution is 0.283. The minimum Gasteiger partial charge on any atom is -0.492 e. The summed E-state index contributed by atoms with van der Waals surface area (Å²) in [7, 11) is -1.89. The lowest BCUT2D eigenvalue weighted by Gasteiger charge is -2.18. The molecule has 22 heavy (non-hydrogen) atoms. The van der Waals surface area contributed by atoms with E-state index in [0.29, 0.717) is 18.0 Å². The van der Waals surface area contributed by atoms with Crippen LogP contribution in [0.1, 0.15) is 11.1 Å². The van der Waals surface area contributed by atoms with Crippen LogP contribution in [0, 0.1) is 13.8 Å². The summed E-state index contributed by atoms with van der Waals surface area (Å²) in [4.78, 5) is 0.296. The van der Waals surface area contributed by atoms with E-state index in [1.54, 1.807) is 37.4 Å². The first-order valence-corrected chi connectivity index (χ1v) is 8.57. The van der Waals surface area contributed by atoms with Gasteiger partial charge in [-0.05, 0) is 37.1 Å². The van der Waals surface area contributed by atoms with E-state index in [0.717, 1.165) is 16.9 Å². The van der Waals surface area contributed by atoms with Crippen LogP contribution in [-0.4, -0.2) is 32.9 Å². The van der Waals surface area contributed by atoms with Crippen molar-refractivity contribution in [2.75, 3.05) is 20.2 Å². The van der Waals surface area contributed by atoms with Gasteiger partial charge in [-0.15, -0.1) is 0 Å². The Labute approximate surface area is 132 Å². The van der Waals surface area contributed by atoms with Crippen molar-refractivity contribution in [1.82, 2.24) is 4.31 Å². The Bertz CT molecular complexity index is 707. The van der Waals surface area contributed by atoms with Gasteiger partial charge in [-0.25, -0.2) is 8.42 Å². The summed E-state index contributed by atoms with van der Waals surface area (Å²) in [6.45, 7) is 4.57. The molecule has 0 radical (unpaired) electrons. The largest absolute Gasteiger partial charge is 0.492 e. The molecule has 2 aromatic rings. The average molecular weight is 319 g/mol. The summed E-state index contributed by atoms with van der Waals surface area (Å²) >= 11 is 0. The van der Waals surface area contributed by atoms with Gasteiger partial charge in [0.1, 0.15) is 12.4 Å². The zero-order valence-corrected chi connectivity index (χ0v) is 13.9. The number of sulfonamides is 1. The highest BCUT2D eigenvalue weighted by atomic mass is 32.2. The smallest absolute Gasteiger partial charge is 0.242 e. The molecule has 0 spiro atoms. The van der Waals surface area contributed by atoms with E-state index >= 15 is 0 Å². The van der Waals surface area contributed by atoms with Gasteiger partial charge in [0.15, 0.2) is 0 Å². The highest BCUT2D eigenvalue weighted by Gasteiger charge is 2.20. The van der Waals surface area contributed by atoms with E-state index in [-0.39, 0.29) is 0 Å². The van der Waals surface area contributed by atoms with Gasteiger partial charge in [-0.1, -0.05) is 36.4 Å². The van der Waals surface area contributed by atoms with Crippen LogP contribution in [0.2, 0.25) is 0 Å². The first-order valence-electron chi connectivity index (χ1n) is 7.13. The third-order valence-electron chi connectivity index (χ3n) is 3.51. The summed E-state index contributed by atoms with van der Waals surface area (Å²) in [6, 6.07) is 14.4. The zero-order valence-electron chi connectivity index (χ0n) is 13.1. The lowest BCUT2D eigenvalue weighted by atomic mass is 10.1. The molecule has 0 saturated carbocycles. The number of ether oxygens (including phenoxy) is 1. The molecule has 0 heterocycles. The van der Waals surface area contributed by atoms with Gasteiger partial charge in [-0.2, -0.15) is 4.31 Å². The molecular weight excluding hydrogens is 298 g/mol. The average Bonchev–Trinajstić information content (AvgIpc) is 2.51. The number of benzene rings is 2. The molecule has 5 heteroatoms. The third kappa shape index (κ3) is 3.67. The fraction of sp³-hybridized carbons (Fsp3) is 0.294. The van der Waals surface area contributed by atoms with E-state index in [9.17, 15) is 8.42 Å². The molecule has 4 nitrogen and oxygen atoms in total. The van der Waals surface area contributed by atoms with E-state index in [1.165, 1.54) is 4.31 Å². The molecule has 0 fully saturated rings. The van der Waals surface area contributed by atoms with Crippen LogP contribution in [0.25, 0.3) is 0 Å². The number of hydrogen-bond acceptors (Lipinski definition) is 3. The normalized spacial score (nSPS) is 11.6. The van der Waals surface area contributed by atoms with E-state index < -0.39 is 10.0 Å². The minimum atomic E-state index is -3.46. The van der Waals surface area contributed by atoms with E-state index in [2.05, 4.69) is 0 Å². The topological polar surface area (TPSA) is 46.6 Å². The number of rotatable bonds is 6. The molecule has 0 bridgehead atoms. The van der Waals surface area contributed by atoms with E-state index in [1.807, 2.05) is 32.0 Å². The Morgan fingerprint density at radius 3 is 2.14 bits per heavy atom. The second-order valence-corrected chi connectivity index (χ2v) is 7.25. The van der Waals surface area contributed by atoms with Gasteiger partial charge in [0.05, 0.1) is 4.90 Å². The van der Waals surface area contributed by atoms with Crippen LogP contribution < -0.4 is 4.74 Å². The van der Waals surface area contributed by atoms with Gasteiger partial charge in [0.2, 0.25) is 10.0 Å². The summed E-state index contributed by atoms with van der Waals surface area (Å²) in [6.07, 6.45) is 0. The number of aryl methyl sites for hydroxylation is 2. The van der Waals surface area contributed by atoms with Crippen LogP contribution in [-0.2, 0) is 10.0 Å². The van der Waals surface area contributed by atoms with Crippen LogP contribution in [0.4, 0.5) is 0 Å². The van der Waals surface area contributed by atoms with Gasteiger partial charge >= 0.3 is 0 Å². The molecule has 0 aromatic heterocycles. The van der Waals surface area contributed by atoms with Crippen molar-refractivity contribution in [2.45, 2.75) is 18.7 Å². The Morgan fingerprint density at radius 2 is 1.55 bits per heavy atom. The van der Waals surface area contributed by atoms with Gasteiger partial charge < -0.3 is 4.74 Å². The van der Waals surface area contributed by atoms with Crippen molar-refractivity contribution < 1.29 is 13.2 Å². The van der Waals surface area contributed by atoms with Crippen LogP contribution in [0.15, 0.2) is 53.4 Å². The number of hydrogen-bond donors (Lipinski definition) is 0. The fourth-order valence-corrected chi connectivity index (χ4v) is 3.37. The number of likely N-dealkylation sites (N-methyl/N-ethyl adjacent to an activating group) is 1. The summed E-state index contributed by atoms with van der Waals surface area (Å²) < 4.78 is 31.8. The van der Waals surface area contributed by atoms with Crippen molar-refractivity contribution in [2.24, 2.45) is 0 Å². The molecule has 0 amide bonds. The first-order chi connectivity index (χ1) is 10.4. The second kappa shape index (κ2) is 6.94. The maximum Gasteiger partial charge on any atom is 0.242 e. The van der Waals surface area contributed by atoms with E-state index in [4.69, 9.17) is 4.74 Å². The molecule has 0 aliphatic rings. The van der Waals surface area contributed by atoms with Crippen LogP contribution >= 0.6 is 0 Å². The maximum absolute atomic E-state index is 12.4. The Kier molecular flexibility index (Phi) is 5.21. The second-order valence-electron chi connectivity index (χ2n) is 5.21. The molecule has 2 rings (SSSR count). The molecule has 0 aliphatic heterocycles. The van der Waals surface area contributed by atoms with Crippen molar-refractivity contribution >= 4 is 10.0 Å². The Morgan fingerprint density at radius 1 is 0.955 bits per heavy atom. The molecular formula is C17H21NO3S. The molecule has 0 unspecified atom stereocenters. The number of nitrogens with zero attached hydrogens (tertiary/aromatic N) is 1. The Balaban J connectivity index is 2.00. The number of para-hydroxylation sites is 1. The summed E-state index contributed by atoms with van der Waals surface area (Å²) in [5.41, 5.74) is 2.10. The molecule has 0 aliphatic carbocycles. The van der Waals surface area contributed by atoms with Crippen LogP contribution in [0.5, 0.6) is 5.75 Å². The molecule has 2 aromatic carbocycles. The lowest BCUT2D eigenvalue weighted by Crippen LogP contribution is -2.31. The first kappa shape index (κ1) is 16.5. The quantitative estimate of drug-likeness (QED) is 0.822. The Hall–Kier alpha value is -1.85. The molecule has 0 N–H and O–H groups in total. The van der Waals surface area contributed by atoms with Gasteiger partial charge in [-0.3, -0.25) is 0 Å². The zero-order chi connectivity index (χ0) is 16.2. The SMILES string of the molecule is Cc1cccc(C)c1OCCN(C)S(=O)(=O)c1ccccc1. The summed E-state index contributed by atoms with van der Waals surface area (Å²) in [5.74, 6) is 0.827. The van der Waals surface area contributed by atoms with Crippen molar-refractivity contribution in [1.29, 1.82) is 0 Å². The molecule has 118 valence electrons. The van der Waals surface area contributed by atoms with Gasteiger partial charge in [0, 0.05) is 13.6 Å². The van der Waals surface area contributed by atoms with Crippen molar-refractivity contribution in [3.05, 3.63) is 59.7 Å². The monoisotopic (exact) mass is 319 g/mol. The highest BCUT2D eigenvalue weighted by molar-refractivity contribution is 7.89. The third-order valence-corrected chi connectivity index (χ3v) is 5.38.